The lowest BCUT2D eigenvalue weighted by molar-refractivity contribution is 0.137. The lowest BCUT2D eigenvalue weighted by Crippen LogP contribution is -2.26. The molecule has 7 nitrogen and oxygen atoms in total. The summed E-state index contributed by atoms with van der Waals surface area (Å²) in [7, 11) is 0. The molecular formula is C8H12N4O3S. The molecule has 88 valence electrons. The molecule has 0 spiro atoms. The molecule has 1 saturated heterocycles. The van der Waals surface area contributed by atoms with Gasteiger partial charge in [-0.05, 0) is 0 Å². The number of hydrogen-bond acceptors (Lipinski definition) is 7. The Labute approximate surface area is 95.3 Å². The number of thioether (sulfide) groups is 1. The summed E-state index contributed by atoms with van der Waals surface area (Å²) in [6.07, 6.45) is 1.09. The van der Waals surface area contributed by atoms with Crippen molar-refractivity contribution in [1.82, 2.24) is 14.5 Å². The normalized spacial score (nSPS) is 29.5. The van der Waals surface area contributed by atoms with Gasteiger partial charge in [0.2, 0.25) is 5.95 Å². The molecule has 0 bridgehead atoms. The highest BCUT2D eigenvalue weighted by Gasteiger charge is 2.34. The molecule has 3 atom stereocenters. The molecule has 2 heterocycles. The Morgan fingerprint density at radius 3 is 3.00 bits per heavy atom. The summed E-state index contributed by atoms with van der Waals surface area (Å²) in [5.41, 5.74) is 4.79. The van der Waals surface area contributed by atoms with Crippen LogP contribution in [0.2, 0.25) is 0 Å². The number of nitrogens with zero attached hydrogens (tertiary/aromatic N) is 3. The van der Waals surface area contributed by atoms with Gasteiger partial charge in [-0.1, -0.05) is 0 Å². The number of nitrogen functional groups attached to an aromatic ring is 1. The first kappa shape index (κ1) is 11.4. The maximum atomic E-state index is 11.5. The van der Waals surface area contributed by atoms with E-state index in [1.165, 1.54) is 22.7 Å². The topological polar surface area (TPSA) is 114 Å². The first-order chi connectivity index (χ1) is 7.61. The smallest absolute Gasteiger partial charge is 0.353 e. The van der Waals surface area contributed by atoms with Crippen molar-refractivity contribution in [2.24, 2.45) is 0 Å². The van der Waals surface area contributed by atoms with Crippen LogP contribution in [0.25, 0.3) is 0 Å². The first-order valence-electron chi connectivity index (χ1n) is 4.77. The molecule has 4 N–H and O–H groups in total. The Bertz CT molecular complexity index is 438. The van der Waals surface area contributed by atoms with E-state index in [-0.39, 0.29) is 23.2 Å². The second kappa shape index (κ2) is 4.40. The van der Waals surface area contributed by atoms with Crippen LogP contribution >= 0.6 is 11.8 Å². The van der Waals surface area contributed by atoms with Crippen molar-refractivity contribution in [1.29, 1.82) is 0 Å². The molecule has 8 heteroatoms. The maximum absolute atomic E-state index is 11.5. The lowest BCUT2D eigenvalue weighted by atomic mass is 10.2. The Balaban J connectivity index is 2.23. The van der Waals surface area contributed by atoms with Gasteiger partial charge in [0.05, 0.1) is 23.3 Å². The van der Waals surface area contributed by atoms with E-state index in [0.29, 0.717) is 6.42 Å². The average molecular weight is 244 g/mol. The Hall–Kier alpha value is -1.12. The fourth-order valence-corrected chi connectivity index (χ4v) is 2.97. The van der Waals surface area contributed by atoms with Gasteiger partial charge in [0.25, 0.3) is 0 Å². The molecular weight excluding hydrogens is 232 g/mol. The molecule has 1 fully saturated rings. The second-order valence-corrected chi connectivity index (χ2v) is 4.94. The third kappa shape index (κ3) is 2.04. The SMILES string of the molecule is Nc1ncn([C@H]2C[C@@H](O)[C@@H](CO)S2)c(=O)n1. The van der Waals surface area contributed by atoms with Crippen LogP contribution in [0.1, 0.15) is 11.8 Å². The van der Waals surface area contributed by atoms with Crippen LogP contribution in [-0.2, 0) is 0 Å². The van der Waals surface area contributed by atoms with Crippen molar-refractivity contribution in [3.8, 4) is 0 Å². The van der Waals surface area contributed by atoms with Crippen LogP contribution < -0.4 is 11.4 Å². The van der Waals surface area contributed by atoms with Crippen molar-refractivity contribution in [2.45, 2.75) is 23.1 Å². The van der Waals surface area contributed by atoms with Crippen molar-refractivity contribution in [3.05, 3.63) is 16.8 Å². The fourth-order valence-electron chi connectivity index (χ4n) is 1.60. The van der Waals surface area contributed by atoms with Crippen molar-refractivity contribution in [2.75, 3.05) is 12.3 Å². The van der Waals surface area contributed by atoms with Crippen LogP contribution in [0, 0.1) is 0 Å². The van der Waals surface area contributed by atoms with Gasteiger partial charge in [0.1, 0.15) is 6.33 Å². The number of aliphatic hydroxyl groups excluding tert-OH is 2. The maximum Gasteiger partial charge on any atom is 0.353 e. The van der Waals surface area contributed by atoms with E-state index in [1.54, 1.807) is 0 Å². The highest BCUT2D eigenvalue weighted by Crippen LogP contribution is 2.40. The molecule has 0 aliphatic carbocycles. The number of hydrogen-bond donors (Lipinski definition) is 3. The minimum absolute atomic E-state index is 0.0662. The van der Waals surface area contributed by atoms with E-state index < -0.39 is 11.8 Å². The monoisotopic (exact) mass is 244 g/mol. The van der Waals surface area contributed by atoms with Gasteiger partial charge in [-0.3, -0.25) is 4.57 Å². The molecule has 0 amide bonds. The molecule has 0 radical (unpaired) electrons. The van der Waals surface area contributed by atoms with Gasteiger partial charge in [0, 0.05) is 6.42 Å². The lowest BCUT2D eigenvalue weighted by Gasteiger charge is -2.11. The zero-order chi connectivity index (χ0) is 11.7. The number of rotatable bonds is 2. The molecule has 0 unspecified atom stereocenters. The van der Waals surface area contributed by atoms with Crippen molar-refractivity contribution < 1.29 is 10.2 Å². The Kier molecular flexibility index (Phi) is 3.13. The van der Waals surface area contributed by atoms with Gasteiger partial charge in [0.15, 0.2) is 0 Å². The van der Waals surface area contributed by atoms with Crippen LogP contribution in [0.5, 0.6) is 0 Å². The molecule has 1 aliphatic rings. The van der Waals surface area contributed by atoms with E-state index in [1.807, 2.05) is 0 Å². The van der Waals surface area contributed by atoms with E-state index in [0.717, 1.165) is 0 Å². The highest BCUT2D eigenvalue weighted by molar-refractivity contribution is 8.00. The van der Waals surface area contributed by atoms with E-state index in [9.17, 15) is 9.90 Å². The average Bonchev–Trinajstić information content (AvgIpc) is 2.59. The third-order valence-electron chi connectivity index (χ3n) is 2.44. The molecule has 16 heavy (non-hydrogen) atoms. The van der Waals surface area contributed by atoms with Crippen molar-refractivity contribution in [3.63, 3.8) is 0 Å². The molecule has 0 saturated carbocycles. The predicted octanol–water partition coefficient (Wildman–Crippen LogP) is -1.42. The van der Waals surface area contributed by atoms with Gasteiger partial charge < -0.3 is 15.9 Å². The zero-order valence-electron chi connectivity index (χ0n) is 8.35. The summed E-state index contributed by atoms with van der Waals surface area (Å²) in [5.74, 6) is -0.0662. The van der Waals surface area contributed by atoms with E-state index in [2.05, 4.69) is 9.97 Å². The van der Waals surface area contributed by atoms with Gasteiger partial charge in [-0.15, -0.1) is 11.8 Å². The summed E-state index contributed by atoms with van der Waals surface area (Å²) in [6, 6.07) is 0. The number of aromatic nitrogens is 3. The molecule has 1 aliphatic heterocycles. The largest absolute Gasteiger partial charge is 0.395 e. The predicted molar refractivity (Wildman–Crippen MR) is 58.8 cm³/mol. The van der Waals surface area contributed by atoms with Crippen LogP contribution in [0.15, 0.2) is 11.1 Å². The summed E-state index contributed by atoms with van der Waals surface area (Å²) in [6.45, 7) is -0.118. The Morgan fingerprint density at radius 1 is 1.69 bits per heavy atom. The standard InChI is InChI=1S/C8H12N4O3S/c9-7-10-3-12(8(15)11-7)6-1-4(14)5(2-13)16-6/h3-6,13-14H,1-2H2,(H2,9,11,15)/t4-,5-,6-/m1/s1. The third-order valence-corrected chi connectivity index (χ3v) is 3.99. The summed E-state index contributed by atoms with van der Waals surface area (Å²) in [4.78, 5) is 18.7. The zero-order valence-corrected chi connectivity index (χ0v) is 9.17. The molecule has 0 aromatic carbocycles. The highest BCUT2D eigenvalue weighted by atomic mass is 32.2. The van der Waals surface area contributed by atoms with Gasteiger partial charge in [-0.25, -0.2) is 9.78 Å². The minimum atomic E-state index is -0.621. The van der Waals surface area contributed by atoms with Crippen LogP contribution in [0.3, 0.4) is 0 Å². The van der Waals surface area contributed by atoms with Crippen LogP contribution in [0.4, 0.5) is 5.95 Å². The van der Waals surface area contributed by atoms with E-state index >= 15 is 0 Å². The number of anilines is 1. The van der Waals surface area contributed by atoms with Gasteiger partial charge >= 0.3 is 5.69 Å². The van der Waals surface area contributed by atoms with Crippen molar-refractivity contribution >= 4 is 17.7 Å². The molecule has 2 rings (SSSR count). The summed E-state index contributed by atoms with van der Waals surface area (Å²) < 4.78 is 1.32. The van der Waals surface area contributed by atoms with Gasteiger partial charge in [-0.2, -0.15) is 4.98 Å². The Morgan fingerprint density at radius 2 is 2.44 bits per heavy atom. The molecule has 1 aromatic rings. The first-order valence-corrected chi connectivity index (χ1v) is 5.71. The van der Waals surface area contributed by atoms with Crippen LogP contribution in [-0.4, -0.2) is 42.7 Å². The fraction of sp³-hybridized carbons (Fsp3) is 0.625. The summed E-state index contributed by atoms with van der Waals surface area (Å²) >= 11 is 1.33. The number of aliphatic hydroxyl groups is 2. The number of nitrogens with two attached hydrogens (primary N) is 1. The summed E-state index contributed by atoms with van der Waals surface area (Å²) in [5, 5.41) is 18.1. The quantitative estimate of drug-likeness (QED) is 0.584. The molecule has 1 aromatic heterocycles. The second-order valence-electron chi connectivity index (χ2n) is 3.52. The van der Waals surface area contributed by atoms with E-state index in [4.69, 9.17) is 10.8 Å². The minimum Gasteiger partial charge on any atom is -0.395 e.